The van der Waals surface area contributed by atoms with Gasteiger partial charge in [-0.2, -0.15) is 0 Å². The second kappa shape index (κ2) is 7.37. The number of carboxylic acid groups (broad SMARTS) is 1. The van der Waals surface area contributed by atoms with Crippen LogP contribution in [0.1, 0.15) is 23.7 Å². The highest BCUT2D eigenvalue weighted by molar-refractivity contribution is 5.99. The van der Waals surface area contributed by atoms with Crippen molar-refractivity contribution in [3.8, 4) is 5.75 Å². The van der Waals surface area contributed by atoms with Gasteiger partial charge in [0, 0.05) is 0 Å². The molecule has 0 bridgehead atoms. The first-order valence-corrected chi connectivity index (χ1v) is 6.09. The lowest BCUT2D eigenvalue weighted by atomic mass is 10.1. The molecule has 0 fully saturated rings. The number of carbonyl (C=O) groups excluding carboxylic acids is 1. The Morgan fingerprint density at radius 1 is 1.38 bits per heavy atom. The zero-order valence-electron chi connectivity index (χ0n) is 11.5. The summed E-state index contributed by atoms with van der Waals surface area (Å²) < 4.78 is 31.9. The average molecular weight is 299 g/mol. The van der Waals surface area contributed by atoms with Gasteiger partial charge in [-0.25, -0.2) is 13.6 Å². The van der Waals surface area contributed by atoms with E-state index in [4.69, 9.17) is 5.11 Å². The van der Waals surface area contributed by atoms with Crippen LogP contribution >= 0.6 is 0 Å². The van der Waals surface area contributed by atoms with Crippen LogP contribution < -0.4 is 10.1 Å². The second-order valence-electron chi connectivity index (χ2n) is 4.11. The van der Waals surface area contributed by atoms with Gasteiger partial charge in [-0.3, -0.25) is 4.79 Å². The summed E-state index contributed by atoms with van der Waals surface area (Å²) in [4.78, 5) is 23.0. The third-order valence-electron chi connectivity index (χ3n) is 2.70. The molecule has 21 heavy (non-hydrogen) atoms. The molecule has 1 aromatic carbocycles. The number of carboxylic acids is 1. The number of carbonyl (C=O) groups is 2. The Bertz CT molecular complexity index is 572. The number of methoxy groups -OCH3 is 1. The van der Waals surface area contributed by atoms with Crippen LogP contribution in [0.4, 0.5) is 8.78 Å². The van der Waals surface area contributed by atoms with E-state index in [0.717, 1.165) is 19.2 Å². The van der Waals surface area contributed by atoms with Gasteiger partial charge in [0.1, 0.15) is 17.4 Å². The third kappa shape index (κ3) is 4.01. The molecule has 2 N–H and O–H groups in total. The number of amides is 1. The first-order chi connectivity index (χ1) is 9.92. The zero-order chi connectivity index (χ0) is 16.0. The molecule has 0 heterocycles. The third-order valence-corrected chi connectivity index (χ3v) is 2.70. The van der Waals surface area contributed by atoms with Crippen LogP contribution in [-0.4, -0.2) is 30.1 Å². The molecule has 7 heteroatoms. The predicted octanol–water partition coefficient (Wildman–Crippen LogP) is 2.12. The molecular formula is C14H15F2NO4. The van der Waals surface area contributed by atoms with E-state index in [2.05, 4.69) is 10.1 Å². The number of nitrogens with one attached hydrogen (secondary N) is 1. The fourth-order valence-electron chi connectivity index (χ4n) is 1.67. The van der Waals surface area contributed by atoms with E-state index in [1.54, 1.807) is 13.0 Å². The van der Waals surface area contributed by atoms with Crippen molar-refractivity contribution in [2.24, 2.45) is 0 Å². The summed E-state index contributed by atoms with van der Waals surface area (Å²) >= 11 is 0. The summed E-state index contributed by atoms with van der Waals surface area (Å²) in [6.07, 6.45) is 3.18. The van der Waals surface area contributed by atoms with Gasteiger partial charge in [-0.15, -0.1) is 0 Å². The van der Waals surface area contributed by atoms with Crippen LogP contribution in [0.3, 0.4) is 0 Å². The number of hydrogen-bond donors (Lipinski definition) is 2. The van der Waals surface area contributed by atoms with Crippen molar-refractivity contribution >= 4 is 11.9 Å². The van der Waals surface area contributed by atoms with E-state index in [-0.39, 0.29) is 6.42 Å². The molecule has 1 rings (SSSR count). The van der Waals surface area contributed by atoms with Crippen LogP contribution in [0.15, 0.2) is 24.3 Å². The first kappa shape index (κ1) is 16.6. The summed E-state index contributed by atoms with van der Waals surface area (Å²) in [5.74, 6) is -4.81. The van der Waals surface area contributed by atoms with Gasteiger partial charge in [0.2, 0.25) is 0 Å². The second-order valence-corrected chi connectivity index (χ2v) is 4.11. The number of rotatable bonds is 6. The Kier molecular flexibility index (Phi) is 5.83. The molecule has 1 aromatic rings. The maximum absolute atomic E-state index is 13.7. The number of halogens is 2. The molecule has 1 atom stereocenters. The maximum atomic E-state index is 13.7. The van der Waals surface area contributed by atoms with E-state index in [9.17, 15) is 18.4 Å². The topological polar surface area (TPSA) is 75.6 Å². The zero-order valence-corrected chi connectivity index (χ0v) is 11.5. The van der Waals surface area contributed by atoms with Gasteiger partial charge in [0.25, 0.3) is 5.91 Å². The van der Waals surface area contributed by atoms with Crippen LogP contribution in [0.5, 0.6) is 5.75 Å². The molecule has 0 aliphatic rings. The minimum atomic E-state index is -1.28. The number of aliphatic carboxylic acids is 1. The van der Waals surface area contributed by atoms with Crippen molar-refractivity contribution in [1.29, 1.82) is 0 Å². The van der Waals surface area contributed by atoms with Crippen molar-refractivity contribution in [3.05, 3.63) is 41.5 Å². The summed E-state index contributed by atoms with van der Waals surface area (Å²) in [6, 6.07) is 0.342. The Hall–Kier alpha value is -2.44. The van der Waals surface area contributed by atoms with E-state index in [1.807, 2.05) is 0 Å². The fourth-order valence-corrected chi connectivity index (χ4v) is 1.67. The Morgan fingerprint density at radius 3 is 2.52 bits per heavy atom. The first-order valence-electron chi connectivity index (χ1n) is 6.09. The lowest BCUT2D eigenvalue weighted by Gasteiger charge is -2.15. The van der Waals surface area contributed by atoms with Gasteiger partial charge in [-0.1, -0.05) is 12.2 Å². The van der Waals surface area contributed by atoms with Gasteiger partial charge in [0.15, 0.2) is 11.6 Å². The number of hydrogen-bond acceptors (Lipinski definition) is 3. The number of benzene rings is 1. The van der Waals surface area contributed by atoms with Crippen LogP contribution in [0.25, 0.3) is 0 Å². The van der Waals surface area contributed by atoms with Crippen molar-refractivity contribution in [2.45, 2.75) is 19.4 Å². The highest BCUT2D eigenvalue weighted by Crippen LogP contribution is 2.25. The fraction of sp³-hybridized carbons (Fsp3) is 0.286. The molecule has 1 unspecified atom stereocenters. The van der Waals surface area contributed by atoms with Crippen LogP contribution in [0, 0.1) is 11.6 Å². The summed E-state index contributed by atoms with van der Waals surface area (Å²) in [5, 5.41) is 11.1. The van der Waals surface area contributed by atoms with Gasteiger partial charge >= 0.3 is 5.97 Å². The molecule has 0 spiro atoms. The molecule has 0 radical (unpaired) electrons. The SMILES string of the molecule is C/C=C/CC(NC(=O)c1c(F)ccc(F)c1OC)C(=O)O. The minimum absolute atomic E-state index is 0.0246. The highest BCUT2D eigenvalue weighted by atomic mass is 19.1. The van der Waals surface area contributed by atoms with E-state index < -0.39 is 40.9 Å². The monoisotopic (exact) mass is 299 g/mol. The molecule has 0 aliphatic heterocycles. The molecule has 114 valence electrons. The van der Waals surface area contributed by atoms with Crippen molar-refractivity contribution in [3.63, 3.8) is 0 Å². The van der Waals surface area contributed by atoms with Gasteiger partial charge < -0.3 is 15.2 Å². The van der Waals surface area contributed by atoms with Crippen molar-refractivity contribution < 1.29 is 28.2 Å². The average Bonchev–Trinajstić information content (AvgIpc) is 2.44. The normalized spacial score (nSPS) is 12.2. The highest BCUT2D eigenvalue weighted by Gasteiger charge is 2.25. The summed E-state index contributed by atoms with van der Waals surface area (Å²) in [5.41, 5.74) is -0.663. The van der Waals surface area contributed by atoms with E-state index in [1.165, 1.54) is 6.08 Å². The molecular weight excluding hydrogens is 284 g/mol. The summed E-state index contributed by atoms with van der Waals surface area (Å²) in [7, 11) is 1.09. The number of allylic oxidation sites excluding steroid dienone is 1. The van der Waals surface area contributed by atoms with Crippen LogP contribution in [-0.2, 0) is 4.79 Å². The molecule has 0 aromatic heterocycles. The van der Waals surface area contributed by atoms with Gasteiger partial charge in [0.05, 0.1) is 7.11 Å². The molecule has 0 saturated carbocycles. The Balaban J connectivity index is 3.08. The van der Waals surface area contributed by atoms with Crippen molar-refractivity contribution in [2.75, 3.05) is 7.11 Å². The predicted molar refractivity (Wildman–Crippen MR) is 71.2 cm³/mol. The Morgan fingerprint density at radius 2 is 2.00 bits per heavy atom. The largest absolute Gasteiger partial charge is 0.493 e. The maximum Gasteiger partial charge on any atom is 0.326 e. The van der Waals surface area contributed by atoms with Gasteiger partial charge in [-0.05, 0) is 25.5 Å². The number of ether oxygens (including phenoxy) is 1. The van der Waals surface area contributed by atoms with Crippen LogP contribution in [0.2, 0.25) is 0 Å². The van der Waals surface area contributed by atoms with E-state index >= 15 is 0 Å². The molecule has 0 saturated heterocycles. The molecule has 5 nitrogen and oxygen atoms in total. The van der Waals surface area contributed by atoms with E-state index in [0.29, 0.717) is 0 Å². The molecule has 0 aliphatic carbocycles. The smallest absolute Gasteiger partial charge is 0.326 e. The summed E-state index contributed by atoms with van der Waals surface area (Å²) in [6.45, 7) is 1.69. The Labute approximate surface area is 120 Å². The lowest BCUT2D eigenvalue weighted by molar-refractivity contribution is -0.139. The molecule has 1 amide bonds. The van der Waals surface area contributed by atoms with Crippen molar-refractivity contribution in [1.82, 2.24) is 5.32 Å². The lowest BCUT2D eigenvalue weighted by Crippen LogP contribution is -2.41. The standard InChI is InChI=1S/C14H15F2NO4/c1-3-4-5-10(14(19)20)17-13(18)11-8(15)6-7-9(16)12(11)21-2/h3-4,6-7,10H,5H2,1-2H3,(H,17,18)(H,19,20)/b4-3+. The minimum Gasteiger partial charge on any atom is -0.493 e. The quantitative estimate of drug-likeness (QED) is 0.789.